The van der Waals surface area contributed by atoms with Gasteiger partial charge in [-0.05, 0) is 88.2 Å². The number of fused-ring (bicyclic) bond motifs is 2. The third kappa shape index (κ3) is 35.9. The molecule has 3 aliphatic rings. The minimum atomic E-state index is -2.45. The van der Waals surface area contributed by atoms with E-state index in [-0.39, 0.29) is 95.1 Å². The molecular formula is C90H121FN22O30Te. The normalized spacial score (nSPS) is 21.0. The molecule has 2 radical (unpaired) electrons. The van der Waals surface area contributed by atoms with Gasteiger partial charge in [-0.2, -0.15) is 0 Å². The maximum Gasteiger partial charge on any atom is 0.341 e. The number of carbonyl (C=O) groups is 21. The Morgan fingerprint density at radius 3 is 1.80 bits per heavy atom. The number of hydrogen-bond acceptors (Lipinski definition) is 31. The number of halogens is 1. The van der Waals surface area contributed by atoms with Crippen LogP contribution in [-0.4, -0.2) is 324 Å². The van der Waals surface area contributed by atoms with Crippen molar-refractivity contribution in [2.75, 3.05) is 63.6 Å². The van der Waals surface area contributed by atoms with Gasteiger partial charge in [0, 0.05) is 103 Å². The number of carbonyl (C=O) groups excluding carboxylic acids is 16. The number of pyridine rings is 2. The number of hydrogen-bond donors (Lipinski definition) is 24. The number of H-pyrrole nitrogens is 1. The predicted molar refractivity (Wildman–Crippen MR) is 506 cm³/mol. The Kier molecular flexibility index (Phi) is 46.8. The first-order chi connectivity index (χ1) is 67.8. The van der Waals surface area contributed by atoms with Crippen LogP contribution in [0.15, 0.2) is 76.9 Å². The number of esters is 1. The number of carboxylic acids is 5. The summed E-state index contributed by atoms with van der Waals surface area (Å²) in [6, 6.07) is -9.40. The summed E-state index contributed by atoms with van der Waals surface area (Å²) < 4.78 is 22.2. The fraction of sp³-hybridized carbons (Fsp3) is 0.511. The van der Waals surface area contributed by atoms with Crippen LogP contribution >= 0.6 is 0 Å². The number of benzene rings is 2. The summed E-state index contributed by atoms with van der Waals surface area (Å²) in [6.45, 7) is 2.19. The third-order valence-corrected chi connectivity index (χ3v) is 23.0. The molecule has 2 aromatic carbocycles. The van der Waals surface area contributed by atoms with Crippen molar-refractivity contribution >= 4 is 187 Å². The van der Waals surface area contributed by atoms with E-state index in [4.69, 9.17) is 32.5 Å². The molecule has 1 aliphatic carbocycles. The number of nitrogens with one attached hydrogen (secondary N) is 14. The minimum Gasteiger partial charge on any atom is -0.481 e. The molecule has 8 rings (SSSR count). The molecule has 2 unspecified atom stereocenters. The Hall–Kier alpha value is -14.9. The van der Waals surface area contributed by atoms with Crippen molar-refractivity contribution in [2.45, 2.75) is 228 Å². The van der Waals surface area contributed by atoms with Crippen LogP contribution in [0, 0.1) is 17.7 Å². The average Bonchev–Trinajstić information content (AvgIpc) is 1.27. The maximum atomic E-state index is 14.9. The Morgan fingerprint density at radius 1 is 0.625 bits per heavy atom. The molecule has 14 atom stereocenters. The Bertz CT molecular complexity index is 5640. The number of primary amides is 1. The number of unbranched alkanes of at least 4 members (excludes halogenated alkanes) is 6. The first-order valence-corrected chi connectivity index (χ1v) is 45.8. The molecule has 52 nitrogen and oxygen atoms in total. The van der Waals surface area contributed by atoms with Gasteiger partial charge >= 0.3 is 35.8 Å². The van der Waals surface area contributed by atoms with Gasteiger partial charge in [-0.15, -0.1) is 0 Å². The summed E-state index contributed by atoms with van der Waals surface area (Å²) in [5.74, 6) is -31.8. The number of anilines is 2. The number of para-hydroxylation sites is 2. The molecule has 28 N–H and O–H groups in total. The van der Waals surface area contributed by atoms with Crippen LogP contribution in [0.25, 0.3) is 21.9 Å². The molecule has 54 heteroatoms. The smallest absolute Gasteiger partial charge is 0.341 e. The molecule has 5 aromatic rings. The standard InChI is InChI=1S/C72H101N17O26.C18H20FN5O4.Te/c1-5-6-7-8-9-10-11-22-53(93)81-44(25-38-31-76-42-20-15-13-17-39(38)42)66(108)84-45(27-52(75)92)67(109)86-48(30-59(102)103)68(110)89-61-37(4)115-72(114)49(26-51(91)40-18-12-14-19-41(40)74)87-71(113)60(35(2)24-56(96)97)88-69(111)50(34-90)82-55(95)32-77-63(105)46(28-57(98)99)83-62(104)36(3)79-65(107)47(29-58(100)101)85-64(106)43(21-16-23-73)80-54(94)33-78-70(61)112;1-28-22-14-8-23(6-9(14)5-20)17-13(19)4-11-15(25)12(18(26)27)7-24(10-2-3-10)16(11)21-17;/h12-15,17-20,31,35-37,43-50,60-61,76,90H,5-11,16,21-30,32-34,73-74H2,1-4H3,(H2,75,92)(H,77,105)(H,78,112)(H,79,107)(H,80,94)(H,81,93)(H,82,95)(H,83,104)(H,84,108)(H,85,106)(H,86,109)(H,87,113)(H,88,111)(H,89,110)(H,96,97)(H,98,99)(H,100,101)(H,102,103);4,7,9-10H,2-3,5-6,8,20H2,1H3,(H,26,27);/b;22-14+;/t35-,36+,37?,43-,44-,45-,46-,47-,48-,49-,50+,60+,61+;;/m0../s1. The van der Waals surface area contributed by atoms with Crippen molar-refractivity contribution < 1.29 is 145 Å². The first kappa shape index (κ1) is 118. The van der Waals surface area contributed by atoms with Crippen LogP contribution < -0.4 is 102 Å². The summed E-state index contributed by atoms with van der Waals surface area (Å²) >= 11 is 0. The summed E-state index contributed by atoms with van der Waals surface area (Å²) in [4.78, 5) is 311. The van der Waals surface area contributed by atoms with Crippen molar-refractivity contribution in [2.24, 2.45) is 34.2 Å². The van der Waals surface area contributed by atoms with E-state index in [9.17, 15) is 141 Å². The van der Waals surface area contributed by atoms with Crippen molar-refractivity contribution in [3.05, 3.63) is 99.7 Å². The van der Waals surface area contributed by atoms with Crippen molar-refractivity contribution in [3.8, 4) is 0 Å². The molecule has 3 fully saturated rings. The third-order valence-electron chi connectivity index (χ3n) is 23.0. The number of oxime groups is 1. The van der Waals surface area contributed by atoms with Gasteiger partial charge < -0.3 is 147 Å². The van der Waals surface area contributed by atoms with E-state index in [2.05, 4.69) is 75.2 Å². The fourth-order valence-corrected chi connectivity index (χ4v) is 15.3. The Morgan fingerprint density at radius 2 is 1.20 bits per heavy atom. The number of aliphatic hydroxyl groups excluding tert-OH is 1. The van der Waals surface area contributed by atoms with Crippen LogP contribution in [0.4, 0.5) is 15.9 Å². The number of nitrogens with two attached hydrogens (primary N) is 4. The molecule has 144 heavy (non-hydrogen) atoms. The van der Waals surface area contributed by atoms with Gasteiger partial charge in [0.05, 0.1) is 69.4 Å². The molecule has 0 bridgehead atoms. The zero-order valence-corrected chi connectivity index (χ0v) is 81.6. The molecule has 14 amide bonds. The zero-order valence-electron chi connectivity index (χ0n) is 79.3. The monoisotopic (exact) mass is 2140 g/mol. The van der Waals surface area contributed by atoms with Crippen LogP contribution in [0.2, 0.25) is 0 Å². The summed E-state index contributed by atoms with van der Waals surface area (Å²) in [5.41, 5.74) is 23.7. The van der Waals surface area contributed by atoms with Crippen LogP contribution in [0.5, 0.6) is 0 Å². The van der Waals surface area contributed by atoms with Gasteiger partial charge in [0.15, 0.2) is 17.4 Å². The van der Waals surface area contributed by atoms with Gasteiger partial charge in [-0.3, -0.25) is 95.9 Å². The number of nitrogens with zero attached hydrogens (tertiary/aromatic N) is 4. The number of ketones is 1. The zero-order chi connectivity index (χ0) is 106. The first-order valence-electron chi connectivity index (χ1n) is 45.8. The van der Waals surface area contributed by atoms with Crippen LogP contribution in [0.1, 0.15) is 176 Å². The molecule has 5 heterocycles. The number of aliphatic hydroxyl groups is 1. The molecule has 0 spiro atoms. The SMILES string of the molecule is CCCCCCCCCC(=O)N[C@@H](Cc1c[nH]c2ccccc12)C(=O)N[C@@H](CC(N)=O)C(=O)N[C@@H](CC(=O)O)C(=O)N[C@H]1C(=O)NCC(=O)N[C@@H](CCCN)C(=O)N[C@@H](CC(=O)O)C(=O)N[C@H](C)C(=O)N[C@@H](CC(=O)O)C(=O)NCC(=O)N[C@H](CO)C(=O)N[C@H]([C@@H](C)CC(=O)O)C(=O)N[C@@H](CC(=O)c2ccccc2N)C(=O)OC1C.CO/N=C1\CN(c2nc3c(cc2F)c(=O)c(C(=O)O)cn3C2CC2)CC1CN.[Te]. The number of cyclic esters (lactones) is 1. The molecule has 784 valence electrons. The van der Waals surface area contributed by atoms with E-state index in [0.29, 0.717) is 54.7 Å². The van der Waals surface area contributed by atoms with Gasteiger partial charge in [0.25, 0.3) is 0 Å². The number of aromatic amines is 1. The van der Waals surface area contributed by atoms with E-state index in [1.54, 1.807) is 39.9 Å². The van der Waals surface area contributed by atoms with E-state index < -0.39 is 279 Å². The van der Waals surface area contributed by atoms with Gasteiger partial charge in [0.1, 0.15) is 90.9 Å². The number of Topliss-reactive ketones (excluding diaryl/α,β-unsaturated/α-hetero) is 1. The number of aromatic carboxylic acids is 1. The molecule has 2 aliphatic heterocycles. The second-order valence-electron chi connectivity index (χ2n) is 34.3. The maximum absolute atomic E-state index is 14.9. The van der Waals surface area contributed by atoms with E-state index in [1.165, 1.54) is 37.6 Å². The van der Waals surface area contributed by atoms with Crippen molar-refractivity contribution in [1.82, 2.24) is 83.7 Å². The largest absolute Gasteiger partial charge is 0.481 e. The van der Waals surface area contributed by atoms with Gasteiger partial charge in [-0.25, -0.2) is 19.0 Å². The summed E-state index contributed by atoms with van der Waals surface area (Å²) in [5, 5.41) is 91.9. The number of carboxylic acid groups (broad SMARTS) is 5. The number of aromatic nitrogens is 3. The van der Waals surface area contributed by atoms with Crippen molar-refractivity contribution in [3.63, 3.8) is 0 Å². The minimum absolute atomic E-state index is 0. The van der Waals surface area contributed by atoms with Gasteiger partial charge in [-0.1, -0.05) is 87.9 Å². The van der Waals surface area contributed by atoms with E-state index in [0.717, 1.165) is 71.8 Å². The van der Waals surface area contributed by atoms with E-state index in [1.807, 2.05) is 16.0 Å². The summed E-state index contributed by atoms with van der Waals surface area (Å²) in [7, 11) is 1.44. The van der Waals surface area contributed by atoms with E-state index >= 15 is 0 Å². The number of rotatable bonds is 40. The average molecular weight is 2140 g/mol. The number of aliphatic carboxylic acids is 4. The molecule has 2 saturated heterocycles. The second-order valence-corrected chi connectivity index (χ2v) is 34.3. The molecule has 3 aromatic heterocycles. The molecular weight excluding hydrogens is 2020 g/mol. The van der Waals surface area contributed by atoms with Gasteiger partial charge in [0.2, 0.25) is 88.1 Å². The topological polar surface area (TPSA) is 825 Å². The second kappa shape index (κ2) is 57.2. The number of nitrogen functional groups attached to an aromatic ring is 1. The Labute approximate surface area is 837 Å². The predicted octanol–water partition coefficient (Wildman–Crippen LogP) is -5.04. The quantitative estimate of drug-likeness (QED) is 0.00436. The molecule has 1 saturated carbocycles. The van der Waals surface area contributed by atoms with Crippen molar-refractivity contribution in [1.29, 1.82) is 0 Å². The van der Waals surface area contributed by atoms with Crippen LogP contribution in [-0.2, 0) is 107 Å². The Balaban J connectivity index is 0.000000923. The fourth-order valence-electron chi connectivity index (χ4n) is 15.3. The summed E-state index contributed by atoms with van der Waals surface area (Å²) in [6.07, 6.45) is 0.689. The number of amides is 14. The number of ether oxygens (including phenoxy) is 1. The van der Waals surface area contributed by atoms with Crippen LogP contribution in [0.3, 0.4) is 0 Å².